The third-order valence-electron chi connectivity index (χ3n) is 7.77. The van der Waals surface area contributed by atoms with Gasteiger partial charge in [0.15, 0.2) is 0 Å². The van der Waals surface area contributed by atoms with Gasteiger partial charge in [0.2, 0.25) is 0 Å². The third kappa shape index (κ3) is 11.9. The number of carboxylic acid groups (broad SMARTS) is 3. The Morgan fingerprint density at radius 2 is 1.33 bits per heavy atom. The number of aromatic carboxylic acids is 3. The minimum Gasteiger partial charge on any atom is -0.753 e. The molecule has 6 aromatic rings. The predicted octanol–water partition coefficient (Wildman–Crippen LogP) is 7.76. The molecule has 0 unspecified atom stereocenters. The molecule has 6 rings (SSSR count). The minimum atomic E-state index is -4.50. The Morgan fingerprint density at radius 3 is 1.75 bits per heavy atom. The molecule has 0 aliphatic rings. The molecule has 0 bridgehead atoms. The summed E-state index contributed by atoms with van der Waals surface area (Å²) in [4.78, 5) is 50.4. The van der Waals surface area contributed by atoms with Crippen LogP contribution in [0.3, 0.4) is 0 Å². The van der Waals surface area contributed by atoms with E-state index in [0.29, 0.717) is 11.6 Å². The summed E-state index contributed by atoms with van der Waals surface area (Å²) in [5.41, 5.74) is 3.09. The predicted molar refractivity (Wildman–Crippen MR) is 201 cm³/mol. The molecule has 14 nitrogen and oxygen atoms in total. The van der Waals surface area contributed by atoms with Gasteiger partial charge >= 0.3 is 43.6 Å². The van der Waals surface area contributed by atoms with Crippen LogP contribution in [0.4, 0.5) is 13.2 Å². The number of aromatic nitrogens is 7. The molecule has 6 heterocycles. The zero-order valence-corrected chi connectivity index (χ0v) is 32.7. The maximum Gasteiger partial charge on any atom is 2.00 e. The van der Waals surface area contributed by atoms with Gasteiger partial charge in [-0.25, -0.2) is 19.4 Å². The van der Waals surface area contributed by atoms with Crippen molar-refractivity contribution in [3.63, 3.8) is 0 Å². The summed E-state index contributed by atoms with van der Waals surface area (Å²) in [7, 11) is 0. The van der Waals surface area contributed by atoms with Gasteiger partial charge < -0.3 is 35.5 Å². The van der Waals surface area contributed by atoms with E-state index in [4.69, 9.17) is 15.6 Å². The summed E-state index contributed by atoms with van der Waals surface area (Å²) in [6, 6.07) is 16.2. The van der Waals surface area contributed by atoms with E-state index in [-0.39, 0.29) is 64.6 Å². The number of nitrogens with zero attached hydrogens (tertiary/aromatic N) is 8. The van der Waals surface area contributed by atoms with Crippen LogP contribution in [0.2, 0.25) is 0 Å². The van der Waals surface area contributed by atoms with E-state index in [1.807, 2.05) is 6.07 Å². The molecule has 19 heteroatoms. The fourth-order valence-corrected chi connectivity index (χ4v) is 5.31. The zero-order valence-electron chi connectivity index (χ0n) is 30.1. The fourth-order valence-electron chi connectivity index (χ4n) is 5.31. The molecule has 0 spiro atoms. The molecule has 0 aliphatic heterocycles. The van der Waals surface area contributed by atoms with Gasteiger partial charge in [0.1, 0.15) is 5.69 Å². The number of rotatable bonds is 10. The largest absolute Gasteiger partial charge is 2.00 e. The van der Waals surface area contributed by atoms with Crippen molar-refractivity contribution in [1.82, 2.24) is 34.7 Å². The number of isothiocyanates is 1. The number of pyridine rings is 4. The summed E-state index contributed by atoms with van der Waals surface area (Å²) in [5.74, 6) is -3.00. The Morgan fingerprint density at radius 1 is 0.807 bits per heavy atom. The van der Waals surface area contributed by atoms with E-state index < -0.39 is 29.8 Å². The molecule has 0 radical (unpaired) electrons. The van der Waals surface area contributed by atoms with E-state index in [0.717, 1.165) is 30.3 Å². The molecular weight excluding hydrogens is 855 g/mol. The molecule has 0 saturated carbocycles. The molecule has 0 atom stereocenters. The van der Waals surface area contributed by atoms with Gasteiger partial charge in [-0.15, -0.1) is 0 Å². The number of hydrogen-bond acceptors (Lipinski definition) is 9. The molecule has 0 fully saturated rings. The first-order valence-electron chi connectivity index (χ1n) is 16.4. The molecule has 0 aliphatic carbocycles. The summed E-state index contributed by atoms with van der Waals surface area (Å²) < 4.78 is 40.2. The number of carbonyl (C=O) groups is 3. The molecule has 0 saturated heterocycles. The first kappa shape index (κ1) is 45.1. The van der Waals surface area contributed by atoms with E-state index in [1.54, 1.807) is 12.3 Å². The summed E-state index contributed by atoms with van der Waals surface area (Å²) >= 11 is 3.70. The minimum absolute atomic E-state index is 0. The van der Waals surface area contributed by atoms with Crippen LogP contribution in [0.25, 0.3) is 50.8 Å². The van der Waals surface area contributed by atoms with Crippen molar-refractivity contribution in [2.45, 2.75) is 39.9 Å². The fraction of sp³-hybridized carbons (Fsp3) is 0.184. The van der Waals surface area contributed by atoms with Gasteiger partial charge in [-0.05, 0) is 86.0 Å². The van der Waals surface area contributed by atoms with Crippen LogP contribution in [0.15, 0.2) is 85.3 Å². The standard InChI is InChI=1S/C19H20F3N4.C18H11N3O6.CNS.Ru/c1-4-26-14(9-12(2)3)6-8-17(26)13-5-7-15(23-11-13)16-10-18(25-24-16)19(20,21)22;22-16(23)9-1-3-19-12(5-9)14-7-11(18(26)27)8-15(21-14)13-6-10(17(24)25)2-4-20-13;2-1-3;/h5-8,10-12H,4,9H2,1-3H3;1-8H,(H,22,23)(H,24,25)(H,26,27);;/q-1;;-1;+2. The van der Waals surface area contributed by atoms with E-state index in [2.05, 4.69) is 79.8 Å². The van der Waals surface area contributed by atoms with E-state index in [1.165, 1.54) is 59.6 Å². The van der Waals surface area contributed by atoms with Crippen LogP contribution >= 0.6 is 12.2 Å². The summed E-state index contributed by atoms with van der Waals surface area (Å²) in [5, 5.41) is 42.8. The van der Waals surface area contributed by atoms with Crippen LogP contribution in [-0.2, 0) is 38.6 Å². The second kappa shape index (κ2) is 20.0. The number of alkyl halides is 3. The topological polar surface area (TPSA) is 218 Å². The molecule has 3 N–H and O–H groups in total. The maximum absolute atomic E-state index is 12.7. The average molecular weight is 886 g/mol. The van der Waals surface area contributed by atoms with Gasteiger partial charge in [-0.1, -0.05) is 31.8 Å². The number of thiocarbonyl (C=S) groups is 1. The number of halogens is 3. The summed E-state index contributed by atoms with van der Waals surface area (Å²) in [6.07, 6.45) is 0.703. The normalized spacial score (nSPS) is 10.6. The second-order valence-electron chi connectivity index (χ2n) is 12.1. The van der Waals surface area contributed by atoms with Crippen molar-refractivity contribution in [3.8, 4) is 45.4 Å². The van der Waals surface area contributed by atoms with Gasteiger partial charge in [0, 0.05) is 47.8 Å². The first-order valence-corrected chi connectivity index (χ1v) is 16.9. The zero-order chi connectivity index (χ0) is 41.2. The quantitative estimate of drug-likeness (QED) is 0.0682. The van der Waals surface area contributed by atoms with Crippen LogP contribution in [0.1, 0.15) is 63.2 Å². The van der Waals surface area contributed by atoms with Crippen LogP contribution in [0.5, 0.6) is 0 Å². The van der Waals surface area contributed by atoms with Crippen molar-refractivity contribution in [1.29, 1.82) is 0 Å². The third-order valence-corrected chi connectivity index (χ3v) is 7.77. The monoisotopic (exact) mass is 886 g/mol. The van der Waals surface area contributed by atoms with Crippen molar-refractivity contribution < 1.29 is 62.4 Å². The number of hydrogen-bond donors (Lipinski definition) is 3. The van der Waals surface area contributed by atoms with Gasteiger partial charge in [0.05, 0.1) is 39.5 Å². The SMILES string of the molecule is CCn1c(CC(C)C)ccc1-c1ccc(-c2cc(C(F)(F)F)n[n-]2)nc1.O=C(O)c1ccnc(-c2cc(C(=O)O)cc(-c3cc(C(=O)O)ccn3)n2)c1.[N-]=C=S.[Ru+2]. The van der Waals surface area contributed by atoms with Crippen molar-refractivity contribution >= 4 is 35.3 Å². The molecule has 6 aromatic heterocycles. The Balaban J connectivity index is 0.000000281. The second-order valence-corrected chi connectivity index (χ2v) is 12.3. The van der Waals surface area contributed by atoms with Gasteiger partial charge in [-0.2, -0.15) is 18.3 Å². The first-order chi connectivity index (χ1) is 26.6. The van der Waals surface area contributed by atoms with Crippen molar-refractivity contribution in [2.75, 3.05) is 0 Å². The van der Waals surface area contributed by atoms with Crippen LogP contribution < -0.4 is 5.10 Å². The molecule has 57 heavy (non-hydrogen) atoms. The smallest absolute Gasteiger partial charge is 0.753 e. The maximum atomic E-state index is 12.7. The van der Waals surface area contributed by atoms with Crippen molar-refractivity contribution in [3.05, 3.63) is 119 Å². The van der Waals surface area contributed by atoms with E-state index in [9.17, 15) is 32.7 Å². The van der Waals surface area contributed by atoms with E-state index >= 15 is 0 Å². The molecule has 0 aromatic carbocycles. The summed E-state index contributed by atoms with van der Waals surface area (Å²) in [6.45, 7) is 7.29. The Bertz CT molecular complexity index is 2320. The Labute approximate surface area is 341 Å². The van der Waals surface area contributed by atoms with Crippen molar-refractivity contribution in [2.24, 2.45) is 5.92 Å². The molecule has 0 amide bonds. The molecule has 294 valence electrons. The van der Waals surface area contributed by atoms with Gasteiger partial charge in [0.25, 0.3) is 0 Å². The van der Waals surface area contributed by atoms with Gasteiger partial charge in [-0.3, -0.25) is 15.0 Å². The Hall–Kier alpha value is -6.29. The number of carboxylic acids is 3. The average Bonchev–Trinajstić information content (AvgIpc) is 3.83. The van der Waals surface area contributed by atoms with Crippen LogP contribution in [-0.4, -0.2) is 68.0 Å². The Kier molecular flexibility index (Phi) is 15.9. The van der Waals surface area contributed by atoms with Crippen LogP contribution in [0, 0.1) is 5.92 Å². The molecular formula is C38H31F3N8O6RuS.